The van der Waals surface area contributed by atoms with Crippen molar-refractivity contribution in [1.29, 1.82) is 0 Å². The van der Waals surface area contributed by atoms with E-state index >= 15 is 0 Å². The molecule has 0 saturated carbocycles. The number of anilines is 2. The molecule has 7 heteroatoms. The molecule has 0 aliphatic carbocycles. The minimum absolute atomic E-state index is 0.00712. The summed E-state index contributed by atoms with van der Waals surface area (Å²) in [6.45, 7) is 5.32. The second-order valence-electron chi connectivity index (χ2n) is 8.50. The molecule has 174 valence electrons. The fourth-order valence-electron chi connectivity index (χ4n) is 2.98. The molecule has 2 amide bonds. The van der Waals surface area contributed by atoms with E-state index in [9.17, 15) is 14.0 Å². The first-order valence-electron chi connectivity index (χ1n) is 10.6. The maximum atomic E-state index is 13.2. The number of carbonyl (C=O) groups excluding carboxylic acids is 2. The molecule has 0 saturated heterocycles. The van der Waals surface area contributed by atoms with Crippen LogP contribution >= 0.6 is 0 Å². The van der Waals surface area contributed by atoms with Crippen molar-refractivity contribution in [3.05, 3.63) is 84.2 Å². The van der Waals surface area contributed by atoms with Gasteiger partial charge >= 0.3 is 6.09 Å². The number of rotatable bonds is 4. The first-order chi connectivity index (χ1) is 16.1. The van der Waals surface area contributed by atoms with Gasteiger partial charge in [0, 0.05) is 23.0 Å². The number of amides is 2. The molecule has 3 rings (SSSR count). The summed E-state index contributed by atoms with van der Waals surface area (Å²) < 4.78 is 18.7. The number of halogens is 1. The van der Waals surface area contributed by atoms with E-state index in [1.54, 1.807) is 69.3 Å². The zero-order chi connectivity index (χ0) is 24.7. The molecule has 34 heavy (non-hydrogen) atoms. The number of benzene rings is 3. The third kappa shape index (κ3) is 6.84. The number of nitrogen functional groups attached to an aromatic ring is 1. The van der Waals surface area contributed by atoms with Gasteiger partial charge in [-0.2, -0.15) is 0 Å². The standard InChI is InChI=1S/C27H26FN3O3/c1-27(2,3)34-26(33)31(18-4-17-30-25(32)21-7-13-23(29)14-8-21)24-15-9-20(10-16-24)19-5-11-22(28)12-6-19/h5-16H,18,29H2,1-3H3,(H,30,32). The van der Waals surface area contributed by atoms with Crippen molar-refractivity contribution >= 4 is 23.4 Å². The highest BCUT2D eigenvalue weighted by molar-refractivity contribution is 5.95. The van der Waals surface area contributed by atoms with Gasteiger partial charge in [-0.05, 0) is 80.4 Å². The molecule has 6 nitrogen and oxygen atoms in total. The van der Waals surface area contributed by atoms with Crippen LogP contribution in [0.2, 0.25) is 0 Å². The van der Waals surface area contributed by atoms with Gasteiger partial charge in [-0.15, -0.1) is 0 Å². The van der Waals surface area contributed by atoms with Crippen LogP contribution < -0.4 is 16.0 Å². The lowest BCUT2D eigenvalue weighted by Gasteiger charge is -2.26. The van der Waals surface area contributed by atoms with Crippen molar-refractivity contribution in [3.8, 4) is 23.1 Å². The molecule has 0 unspecified atom stereocenters. The predicted molar refractivity (Wildman–Crippen MR) is 132 cm³/mol. The monoisotopic (exact) mass is 459 g/mol. The molecule has 0 fully saturated rings. The highest BCUT2D eigenvalue weighted by Crippen LogP contribution is 2.24. The Kier molecular flexibility index (Phi) is 7.54. The third-order valence-electron chi connectivity index (χ3n) is 4.64. The Labute approximate surface area is 198 Å². The Balaban J connectivity index is 1.75. The number of ether oxygens (including phenoxy) is 1. The largest absolute Gasteiger partial charge is 0.443 e. The van der Waals surface area contributed by atoms with Crippen LogP contribution in [-0.2, 0) is 4.74 Å². The molecule has 0 radical (unpaired) electrons. The van der Waals surface area contributed by atoms with Gasteiger partial charge in [0.15, 0.2) is 0 Å². The van der Waals surface area contributed by atoms with Gasteiger partial charge in [-0.1, -0.05) is 30.2 Å². The summed E-state index contributed by atoms with van der Waals surface area (Å²) >= 11 is 0. The van der Waals surface area contributed by atoms with Gasteiger partial charge in [0.25, 0.3) is 5.91 Å². The summed E-state index contributed by atoms with van der Waals surface area (Å²) in [4.78, 5) is 26.4. The van der Waals surface area contributed by atoms with Crippen molar-refractivity contribution in [2.45, 2.75) is 26.4 Å². The van der Waals surface area contributed by atoms with Crippen molar-refractivity contribution in [3.63, 3.8) is 0 Å². The number of hydrogen-bond acceptors (Lipinski definition) is 4. The van der Waals surface area contributed by atoms with Crippen LogP contribution in [-0.4, -0.2) is 24.1 Å². The van der Waals surface area contributed by atoms with E-state index in [1.807, 2.05) is 12.1 Å². The van der Waals surface area contributed by atoms with Gasteiger partial charge < -0.3 is 10.5 Å². The molecule has 0 bridgehead atoms. The number of nitrogens with two attached hydrogens (primary N) is 1. The Hall–Kier alpha value is -4.31. The second-order valence-corrected chi connectivity index (χ2v) is 8.50. The molecule has 0 aliphatic heterocycles. The van der Waals surface area contributed by atoms with Crippen LogP contribution in [0.3, 0.4) is 0 Å². The lowest BCUT2D eigenvalue weighted by atomic mass is 10.1. The Morgan fingerprint density at radius 2 is 1.50 bits per heavy atom. The van der Waals surface area contributed by atoms with E-state index in [0.29, 0.717) is 16.9 Å². The van der Waals surface area contributed by atoms with Crippen molar-refractivity contribution in [2.24, 2.45) is 0 Å². The van der Waals surface area contributed by atoms with Gasteiger partial charge in [-0.3, -0.25) is 15.0 Å². The fourth-order valence-corrected chi connectivity index (χ4v) is 2.98. The molecule has 0 heterocycles. The molecule has 3 N–H and O–H groups in total. The summed E-state index contributed by atoms with van der Waals surface area (Å²) in [6, 6.07) is 22.4. The van der Waals surface area contributed by atoms with E-state index in [2.05, 4.69) is 17.3 Å². The summed E-state index contributed by atoms with van der Waals surface area (Å²) in [5.41, 5.74) is 8.20. The molecular weight excluding hydrogens is 433 g/mol. The summed E-state index contributed by atoms with van der Waals surface area (Å²) in [7, 11) is 0. The Morgan fingerprint density at radius 3 is 2.06 bits per heavy atom. The van der Waals surface area contributed by atoms with E-state index in [1.165, 1.54) is 17.0 Å². The van der Waals surface area contributed by atoms with Crippen LogP contribution in [0.1, 0.15) is 31.1 Å². The summed E-state index contributed by atoms with van der Waals surface area (Å²) in [5.74, 6) is 2.11. The van der Waals surface area contributed by atoms with Crippen molar-refractivity contribution in [1.82, 2.24) is 5.32 Å². The average molecular weight is 460 g/mol. The van der Waals surface area contributed by atoms with E-state index in [4.69, 9.17) is 10.5 Å². The first kappa shape index (κ1) is 24.3. The molecule has 3 aromatic rings. The first-order valence-corrected chi connectivity index (χ1v) is 10.6. The van der Waals surface area contributed by atoms with Gasteiger partial charge in [0.2, 0.25) is 0 Å². The molecule has 0 aliphatic rings. The van der Waals surface area contributed by atoms with Crippen LogP contribution in [0, 0.1) is 17.8 Å². The third-order valence-corrected chi connectivity index (χ3v) is 4.64. The summed E-state index contributed by atoms with van der Waals surface area (Å²) in [5, 5.41) is 2.50. The molecule has 0 aromatic heterocycles. The number of nitrogens with zero attached hydrogens (tertiary/aromatic N) is 1. The minimum Gasteiger partial charge on any atom is -0.443 e. The normalized spacial score (nSPS) is 10.6. The maximum absolute atomic E-state index is 13.2. The van der Waals surface area contributed by atoms with Crippen LogP contribution in [0.15, 0.2) is 72.8 Å². The Morgan fingerprint density at radius 1 is 0.941 bits per heavy atom. The van der Waals surface area contributed by atoms with Crippen molar-refractivity contribution < 1.29 is 18.7 Å². The van der Waals surface area contributed by atoms with Crippen LogP contribution in [0.5, 0.6) is 0 Å². The average Bonchev–Trinajstić information content (AvgIpc) is 2.79. The highest BCUT2D eigenvalue weighted by atomic mass is 19.1. The molecular formula is C27H26FN3O3. The Bertz CT molecular complexity index is 1200. The maximum Gasteiger partial charge on any atom is 0.415 e. The second kappa shape index (κ2) is 10.5. The quantitative estimate of drug-likeness (QED) is 0.319. The zero-order valence-corrected chi connectivity index (χ0v) is 19.3. The number of carbonyl (C=O) groups is 2. The van der Waals surface area contributed by atoms with E-state index in [-0.39, 0.29) is 18.3 Å². The lowest BCUT2D eigenvalue weighted by molar-refractivity contribution is 0.0585. The van der Waals surface area contributed by atoms with Gasteiger partial charge in [-0.25, -0.2) is 9.18 Å². The molecule has 0 atom stereocenters. The van der Waals surface area contributed by atoms with Crippen LogP contribution in [0.25, 0.3) is 11.1 Å². The smallest absolute Gasteiger partial charge is 0.415 e. The topological polar surface area (TPSA) is 84.7 Å². The lowest BCUT2D eigenvalue weighted by Crippen LogP contribution is -2.37. The predicted octanol–water partition coefficient (Wildman–Crippen LogP) is 5.21. The number of hydrogen-bond donors (Lipinski definition) is 2. The van der Waals surface area contributed by atoms with Gasteiger partial charge in [0.05, 0.1) is 6.54 Å². The highest BCUT2D eigenvalue weighted by Gasteiger charge is 2.23. The summed E-state index contributed by atoms with van der Waals surface area (Å²) in [6.07, 6.45) is -0.568. The fraction of sp³-hybridized carbons (Fsp3) is 0.185. The molecule has 3 aromatic carbocycles. The van der Waals surface area contributed by atoms with Crippen LogP contribution in [0.4, 0.5) is 20.6 Å². The van der Waals surface area contributed by atoms with Gasteiger partial charge in [0.1, 0.15) is 11.4 Å². The zero-order valence-electron chi connectivity index (χ0n) is 19.3. The van der Waals surface area contributed by atoms with E-state index in [0.717, 1.165) is 11.1 Å². The van der Waals surface area contributed by atoms with E-state index < -0.39 is 11.7 Å². The SMILES string of the molecule is CC(C)(C)OC(=O)N(CC#CNC(=O)c1ccc(N)cc1)c1ccc(-c2ccc(F)cc2)cc1. The number of nitrogens with one attached hydrogen (secondary N) is 1. The molecule has 0 spiro atoms. The van der Waals surface area contributed by atoms with Crippen molar-refractivity contribution in [2.75, 3.05) is 17.2 Å². The minimum atomic E-state index is -0.694.